The van der Waals surface area contributed by atoms with Crippen LogP contribution in [0.2, 0.25) is 0 Å². The van der Waals surface area contributed by atoms with Gasteiger partial charge in [0, 0.05) is 32.1 Å². The number of methoxy groups -OCH3 is 1. The predicted octanol–water partition coefficient (Wildman–Crippen LogP) is 2.51. The predicted molar refractivity (Wildman–Crippen MR) is 90.7 cm³/mol. The van der Waals surface area contributed by atoms with Crippen molar-refractivity contribution in [3.8, 4) is 17.2 Å². The molecule has 0 spiro atoms. The van der Waals surface area contributed by atoms with Crippen molar-refractivity contribution in [3.63, 3.8) is 0 Å². The van der Waals surface area contributed by atoms with E-state index in [1.165, 1.54) is 13.2 Å². The van der Waals surface area contributed by atoms with Crippen LogP contribution >= 0.6 is 0 Å². The van der Waals surface area contributed by atoms with E-state index in [0.717, 1.165) is 5.69 Å². The summed E-state index contributed by atoms with van der Waals surface area (Å²) >= 11 is 0. The number of ether oxygens (including phenoxy) is 1. The van der Waals surface area contributed by atoms with E-state index in [4.69, 9.17) is 9.15 Å². The van der Waals surface area contributed by atoms with E-state index in [2.05, 4.69) is 22.1 Å². The van der Waals surface area contributed by atoms with Crippen LogP contribution in [-0.4, -0.2) is 42.0 Å². The number of rotatable bonds is 4. The molecule has 1 fully saturated rings. The Bertz CT molecular complexity index is 775. The highest BCUT2D eigenvalue weighted by atomic mass is 19.1. The molecule has 2 aromatic rings. The molecule has 3 rings (SSSR count). The number of aromatic nitrogens is 1. The maximum Gasteiger partial charge on any atom is 0.229 e. The number of amides is 1. The lowest BCUT2D eigenvalue weighted by Crippen LogP contribution is -2.37. The molecule has 134 valence electrons. The molecule has 1 amide bonds. The summed E-state index contributed by atoms with van der Waals surface area (Å²) in [6.07, 6.45) is 0.457. The molecule has 1 aromatic carbocycles. The zero-order valence-electron chi connectivity index (χ0n) is 14.6. The minimum atomic E-state index is -0.411. The van der Waals surface area contributed by atoms with Crippen LogP contribution in [0.25, 0.3) is 11.5 Å². The molecule has 1 saturated heterocycles. The van der Waals surface area contributed by atoms with Crippen LogP contribution in [0.5, 0.6) is 5.75 Å². The number of aryl methyl sites for hydroxylation is 1. The number of oxazole rings is 1. The average molecular weight is 347 g/mol. The van der Waals surface area contributed by atoms with Crippen molar-refractivity contribution in [2.45, 2.75) is 32.9 Å². The first kappa shape index (κ1) is 17.4. The van der Waals surface area contributed by atoms with Gasteiger partial charge in [-0.15, -0.1) is 0 Å². The summed E-state index contributed by atoms with van der Waals surface area (Å²) in [7, 11) is 1.53. The number of benzene rings is 1. The quantitative estimate of drug-likeness (QED) is 0.920. The van der Waals surface area contributed by atoms with E-state index in [1.807, 2.05) is 6.92 Å². The summed E-state index contributed by atoms with van der Waals surface area (Å²) < 4.78 is 25.0. The second-order valence-electron chi connectivity index (χ2n) is 6.24. The topological polar surface area (TPSA) is 67.6 Å². The molecule has 7 heteroatoms. The zero-order valence-corrected chi connectivity index (χ0v) is 14.6. The molecule has 1 N–H and O–H groups in total. The number of hydrogen-bond acceptors (Lipinski definition) is 5. The Balaban J connectivity index is 1.84. The summed E-state index contributed by atoms with van der Waals surface area (Å²) in [6, 6.07) is 4.65. The van der Waals surface area contributed by atoms with Crippen molar-refractivity contribution < 1.29 is 18.3 Å². The minimum absolute atomic E-state index is 0.0605. The molecular formula is C18H22FN3O3. The number of nitrogens with one attached hydrogen (secondary N) is 1. The molecule has 1 aliphatic heterocycles. The van der Waals surface area contributed by atoms with Crippen molar-refractivity contribution >= 4 is 5.91 Å². The number of carbonyl (C=O) groups is 1. The molecule has 25 heavy (non-hydrogen) atoms. The number of halogens is 1. The number of carbonyl (C=O) groups excluding carboxylic acids is 1. The van der Waals surface area contributed by atoms with Crippen LogP contribution in [0, 0.1) is 12.7 Å². The SMILES string of the molecule is COc1ccc(F)c(-c2nc(CN3CCC(=O)NCC3C)c(C)o2)c1. The molecular weight excluding hydrogens is 325 g/mol. The van der Waals surface area contributed by atoms with Gasteiger partial charge in [-0.1, -0.05) is 0 Å². The smallest absolute Gasteiger partial charge is 0.229 e. The second kappa shape index (κ2) is 7.23. The molecule has 1 unspecified atom stereocenters. The summed E-state index contributed by atoms with van der Waals surface area (Å²) in [5.74, 6) is 1.07. The Morgan fingerprint density at radius 2 is 2.28 bits per heavy atom. The summed E-state index contributed by atoms with van der Waals surface area (Å²) in [4.78, 5) is 18.2. The monoisotopic (exact) mass is 347 g/mol. The fourth-order valence-corrected chi connectivity index (χ4v) is 2.86. The van der Waals surface area contributed by atoms with Gasteiger partial charge in [0.2, 0.25) is 11.8 Å². The van der Waals surface area contributed by atoms with Crippen LogP contribution < -0.4 is 10.1 Å². The first-order chi connectivity index (χ1) is 12.0. The van der Waals surface area contributed by atoms with Gasteiger partial charge >= 0.3 is 0 Å². The lowest BCUT2D eigenvalue weighted by molar-refractivity contribution is -0.120. The Morgan fingerprint density at radius 1 is 1.48 bits per heavy atom. The van der Waals surface area contributed by atoms with Gasteiger partial charge in [-0.25, -0.2) is 9.37 Å². The molecule has 1 aliphatic rings. The maximum atomic E-state index is 14.1. The van der Waals surface area contributed by atoms with Gasteiger partial charge in [-0.3, -0.25) is 9.69 Å². The van der Waals surface area contributed by atoms with E-state index in [1.54, 1.807) is 12.1 Å². The third kappa shape index (κ3) is 3.82. The van der Waals surface area contributed by atoms with Crippen LogP contribution in [0.1, 0.15) is 24.8 Å². The van der Waals surface area contributed by atoms with Crippen molar-refractivity contribution in [1.82, 2.24) is 15.2 Å². The van der Waals surface area contributed by atoms with Gasteiger partial charge in [0.15, 0.2) is 0 Å². The standard InChI is InChI=1S/C18H22FN3O3/c1-11-9-20-17(23)6-7-22(11)10-16-12(2)25-18(21-16)14-8-13(24-3)4-5-15(14)19/h4-5,8,11H,6-7,9-10H2,1-3H3,(H,20,23). The molecule has 0 saturated carbocycles. The molecule has 6 nitrogen and oxygen atoms in total. The molecule has 0 bridgehead atoms. The Hall–Kier alpha value is -2.41. The fourth-order valence-electron chi connectivity index (χ4n) is 2.86. The van der Waals surface area contributed by atoms with Crippen molar-refractivity contribution in [1.29, 1.82) is 0 Å². The number of hydrogen-bond donors (Lipinski definition) is 1. The summed E-state index contributed by atoms with van der Waals surface area (Å²) in [6.45, 7) is 5.69. The third-order valence-electron chi connectivity index (χ3n) is 4.49. The second-order valence-corrected chi connectivity index (χ2v) is 6.24. The highest BCUT2D eigenvalue weighted by Crippen LogP contribution is 2.28. The van der Waals surface area contributed by atoms with Gasteiger partial charge in [0.25, 0.3) is 0 Å². The van der Waals surface area contributed by atoms with Gasteiger partial charge < -0.3 is 14.5 Å². The molecule has 1 aromatic heterocycles. The molecule has 2 heterocycles. The van der Waals surface area contributed by atoms with Crippen LogP contribution in [0.15, 0.2) is 22.6 Å². The van der Waals surface area contributed by atoms with Crippen molar-refractivity contribution in [2.75, 3.05) is 20.2 Å². The van der Waals surface area contributed by atoms with Crippen molar-refractivity contribution in [3.05, 3.63) is 35.5 Å². The van der Waals surface area contributed by atoms with Gasteiger partial charge in [0.05, 0.1) is 18.4 Å². The van der Waals surface area contributed by atoms with E-state index in [9.17, 15) is 9.18 Å². The zero-order chi connectivity index (χ0) is 18.0. The van der Waals surface area contributed by atoms with E-state index in [-0.39, 0.29) is 23.4 Å². The number of nitrogens with zero attached hydrogens (tertiary/aromatic N) is 2. The van der Waals surface area contributed by atoms with Gasteiger partial charge in [0.1, 0.15) is 17.3 Å². The van der Waals surface area contributed by atoms with Crippen LogP contribution in [0.4, 0.5) is 4.39 Å². The van der Waals surface area contributed by atoms with Gasteiger partial charge in [-0.2, -0.15) is 0 Å². The van der Waals surface area contributed by atoms with E-state index < -0.39 is 5.82 Å². The Labute approximate surface area is 146 Å². The molecule has 1 atom stereocenters. The first-order valence-electron chi connectivity index (χ1n) is 8.29. The summed E-state index contributed by atoms with van der Waals surface area (Å²) in [5, 5.41) is 2.89. The van der Waals surface area contributed by atoms with Crippen LogP contribution in [-0.2, 0) is 11.3 Å². The highest BCUT2D eigenvalue weighted by Gasteiger charge is 2.23. The van der Waals surface area contributed by atoms with Gasteiger partial charge in [-0.05, 0) is 32.0 Å². The fraction of sp³-hybridized carbons (Fsp3) is 0.444. The minimum Gasteiger partial charge on any atom is -0.497 e. The highest BCUT2D eigenvalue weighted by molar-refractivity contribution is 5.76. The Kier molecular flexibility index (Phi) is 5.03. The lowest BCUT2D eigenvalue weighted by atomic mass is 10.2. The normalized spacial score (nSPS) is 18.7. The third-order valence-corrected chi connectivity index (χ3v) is 4.49. The average Bonchev–Trinajstić information content (AvgIpc) is 2.88. The molecule has 0 aliphatic carbocycles. The van der Waals surface area contributed by atoms with Crippen LogP contribution in [0.3, 0.4) is 0 Å². The van der Waals surface area contributed by atoms with E-state index in [0.29, 0.717) is 37.6 Å². The van der Waals surface area contributed by atoms with Crippen molar-refractivity contribution in [2.24, 2.45) is 0 Å². The summed E-state index contributed by atoms with van der Waals surface area (Å²) in [5.41, 5.74) is 1.02. The Morgan fingerprint density at radius 3 is 3.04 bits per heavy atom. The van der Waals surface area contributed by atoms with E-state index >= 15 is 0 Å². The largest absolute Gasteiger partial charge is 0.497 e. The maximum absolute atomic E-state index is 14.1. The molecule has 0 radical (unpaired) electrons. The lowest BCUT2D eigenvalue weighted by Gasteiger charge is -2.25. The first-order valence-corrected chi connectivity index (χ1v) is 8.29.